The zero-order chi connectivity index (χ0) is 7.98. The van der Waals surface area contributed by atoms with Crippen LogP contribution in [0.5, 0.6) is 0 Å². The molecule has 0 aromatic heterocycles. The van der Waals surface area contributed by atoms with Crippen molar-refractivity contribution >= 4 is 0 Å². The number of hydrogen-bond acceptors (Lipinski definition) is 3. The lowest BCUT2D eigenvalue weighted by Gasteiger charge is -2.18. The molecule has 0 aliphatic carbocycles. The van der Waals surface area contributed by atoms with Crippen molar-refractivity contribution in [2.75, 3.05) is 14.2 Å². The fourth-order valence-electron chi connectivity index (χ4n) is 0.842. The second kappa shape index (κ2) is 5.65. The van der Waals surface area contributed by atoms with Gasteiger partial charge in [0.1, 0.15) is 6.10 Å². The largest absolute Gasteiger partial charge is 0.388 e. The van der Waals surface area contributed by atoms with Crippen molar-refractivity contribution in [3.8, 4) is 0 Å². The van der Waals surface area contributed by atoms with Crippen LogP contribution in [-0.4, -0.2) is 31.7 Å². The highest BCUT2D eigenvalue weighted by Crippen LogP contribution is 2.05. The Morgan fingerprint density at radius 3 is 2.10 bits per heavy atom. The van der Waals surface area contributed by atoms with E-state index in [0.717, 1.165) is 6.42 Å². The lowest BCUT2D eigenvalue weighted by atomic mass is 10.2. The SMILES string of the molecule is CCC[C@@H](O)C(OC)OC. The molecule has 0 radical (unpaired) electrons. The topological polar surface area (TPSA) is 38.7 Å². The van der Waals surface area contributed by atoms with Gasteiger partial charge in [-0.3, -0.25) is 0 Å². The fourth-order valence-corrected chi connectivity index (χ4v) is 0.842. The highest BCUT2D eigenvalue weighted by Gasteiger charge is 2.15. The van der Waals surface area contributed by atoms with E-state index in [1.165, 1.54) is 14.2 Å². The maximum Gasteiger partial charge on any atom is 0.182 e. The number of rotatable bonds is 5. The summed E-state index contributed by atoms with van der Waals surface area (Å²) < 4.78 is 9.68. The van der Waals surface area contributed by atoms with Gasteiger partial charge in [-0.15, -0.1) is 0 Å². The third-order valence-corrected chi connectivity index (χ3v) is 1.36. The summed E-state index contributed by atoms with van der Waals surface area (Å²) >= 11 is 0. The quantitative estimate of drug-likeness (QED) is 0.585. The molecule has 0 bridgehead atoms. The zero-order valence-electron chi connectivity index (χ0n) is 6.83. The summed E-state index contributed by atoms with van der Waals surface area (Å²) in [6.07, 6.45) is 0.677. The molecule has 0 rings (SSSR count). The van der Waals surface area contributed by atoms with E-state index in [0.29, 0.717) is 6.42 Å². The summed E-state index contributed by atoms with van der Waals surface area (Å²) in [6.45, 7) is 2.01. The van der Waals surface area contributed by atoms with Crippen LogP contribution in [0.15, 0.2) is 0 Å². The van der Waals surface area contributed by atoms with Crippen LogP contribution in [0.4, 0.5) is 0 Å². The minimum atomic E-state index is -0.500. The lowest BCUT2D eigenvalue weighted by molar-refractivity contribution is -0.165. The Morgan fingerprint density at radius 1 is 1.30 bits per heavy atom. The van der Waals surface area contributed by atoms with Crippen LogP contribution < -0.4 is 0 Å². The summed E-state index contributed by atoms with van der Waals surface area (Å²) in [6, 6.07) is 0. The van der Waals surface area contributed by atoms with Crippen molar-refractivity contribution in [1.29, 1.82) is 0 Å². The molecule has 3 nitrogen and oxygen atoms in total. The molecular formula is C7H16O3. The predicted molar refractivity (Wildman–Crippen MR) is 38.7 cm³/mol. The average Bonchev–Trinajstić information content (AvgIpc) is 1.91. The third kappa shape index (κ3) is 3.15. The van der Waals surface area contributed by atoms with Gasteiger partial charge < -0.3 is 14.6 Å². The molecule has 0 aromatic rings. The van der Waals surface area contributed by atoms with Crippen LogP contribution in [0.25, 0.3) is 0 Å². The Morgan fingerprint density at radius 2 is 1.80 bits per heavy atom. The van der Waals surface area contributed by atoms with E-state index < -0.39 is 12.4 Å². The van der Waals surface area contributed by atoms with Gasteiger partial charge in [-0.1, -0.05) is 13.3 Å². The first kappa shape index (κ1) is 9.88. The first-order valence-corrected chi connectivity index (χ1v) is 3.49. The van der Waals surface area contributed by atoms with Gasteiger partial charge in [0.25, 0.3) is 0 Å². The van der Waals surface area contributed by atoms with Gasteiger partial charge in [0.05, 0.1) is 0 Å². The Bertz CT molecular complexity index is 71.3. The molecule has 0 saturated carbocycles. The predicted octanol–water partition coefficient (Wildman–Crippen LogP) is 0.766. The summed E-state index contributed by atoms with van der Waals surface area (Å²) in [5.41, 5.74) is 0. The first-order valence-electron chi connectivity index (χ1n) is 3.49. The van der Waals surface area contributed by atoms with Crippen LogP contribution in [0.2, 0.25) is 0 Å². The van der Waals surface area contributed by atoms with Crippen molar-refractivity contribution in [1.82, 2.24) is 0 Å². The molecule has 0 unspecified atom stereocenters. The van der Waals surface area contributed by atoms with Crippen molar-refractivity contribution < 1.29 is 14.6 Å². The van der Waals surface area contributed by atoms with E-state index in [1.807, 2.05) is 6.92 Å². The van der Waals surface area contributed by atoms with Crippen LogP contribution in [0.1, 0.15) is 19.8 Å². The molecule has 3 heteroatoms. The Kier molecular flexibility index (Phi) is 5.58. The van der Waals surface area contributed by atoms with Crippen LogP contribution >= 0.6 is 0 Å². The zero-order valence-corrected chi connectivity index (χ0v) is 6.83. The lowest BCUT2D eigenvalue weighted by Crippen LogP contribution is -2.29. The van der Waals surface area contributed by atoms with E-state index in [1.54, 1.807) is 0 Å². The van der Waals surface area contributed by atoms with E-state index in [-0.39, 0.29) is 0 Å². The van der Waals surface area contributed by atoms with E-state index >= 15 is 0 Å². The van der Waals surface area contributed by atoms with Gasteiger partial charge in [-0.05, 0) is 6.42 Å². The first-order chi connectivity index (χ1) is 4.76. The summed E-state index contributed by atoms with van der Waals surface area (Å²) in [7, 11) is 3.04. The van der Waals surface area contributed by atoms with Crippen LogP contribution in [0, 0.1) is 0 Å². The van der Waals surface area contributed by atoms with Gasteiger partial charge in [-0.2, -0.15) is 0 Å². The van der Waals surface area contributed by atoms with Gasteiger partial charge in [0.2, 0.25) is 0 Å². The summed E-state index contributed by atoms with van der Waals surface area (Å²) in [5.74, 6) is 0. The number of ether oxygens (including phenoxy) is 2. The molecular weight excluding hydrogens is 132 g/mol. The van der Waals surface area contributed by atoms with Crippen molar-refractivity contribution in [3.05, 3.63) is 0 Å². The fraction of sp³-hybridized carbons (Fsp3) is 1.00. The summed E-state index contributed by atoms with van der Waals surface area (Å²) in [5, 5.41) is 9.26. The van der Waals surface area contributed by atoms with Crippen molar-refractivity contribution in [2.45, 2.75) is 32.2 Å². The number of hydrogen-bond donors (Lipinski definition) is 1. The third-order valence-electron chi connectivity index (χ3n) is 1.36. The molecule has 1 atom stereocenters. The molecule has 1 N–H and O–H groups in total. The molecule has 0 amide bonds. The average molecular weight is 148 g/mol. The molecule has 0 aliphatic rings. The van der Waals surface area contributed by atoms with Gasteiger partial charge in [0, 0.05) is 14.2 Å². The second-order valence-electron chi connectivity index (χ2n) is 2.20. The Hall–Kier alpha value is -0.120. The van der Waals surface area contributed by atoms with E-state index in [4.69, 9.17) is 9.47 Å². The molecule has 0 spiro atoms. The molecule has 0 heterocycles. The number of methoxy groups -OCH3 is 2. The van der Waals surface area contributed by atoms with Crippen LogP contribution in [0.3, 0.4) is 0 Å². The smallest absolute Gasteiger partial charge is 0.182 e. The van der Waals surface area contributed by atoms with Gasteiger partial charge >= 0.3 is 0 Å². The molecule has 10 heavy (non-hydrogen) atoms. The Balaban J connectivity index is 3.53. The van der Waals surface area contributed by atoms with Crippen molar-refractivity contribution in [3.63, 3.8) is 0 Å². The van der Waals surface area contributed by atoms with Gasteiger partial charge in [-0.25, -0.2) is 0 Å². The van der Waals surface area contributed by atoms with Crippen LogP contribution in [-0.2, 0) is 9.47 Å². The van der Waals surface area contributed by atoms with E-state index in [9.17, 15) is 5.11 Å². The minimum Gasteiger partial charge on any atom is -0.388 e. The Labute approximate surface area is 62.0 Å². The molecule has 0 aliphatic heterocycles. The van der Waals surface area contributed by atoms with Crippen molar-refractivity contribution in [2.24, 2.45) is 0 Å². The minimum absolute atomic E-state index is 0.472. The normalized spacial score (nSPS) is 14.1. The van der Waals surface area contributed by atoms with E-state index in [2.05, 4.69) is 0 Å². The maximum atomic E-state index is 9.26. The number of aliphatic hydroxyl groups is 1. The molecule has 62 valence electrons. The molecule has 0 saturated heterocycles. The highest BCUT2D eigenvalue weighted by molar-refractivity contribution is 4.57. The summed E-state index contributed by atoms with van der Waals surface area (Å²) in [4.78, 5) is 0. The monoisotopic (exact) mass is 148 g/mol. The second-order valence-corrected chi connectivity index (χ2v) is 2.20. The highest BCUT2D eigenvalue weighted by atomic mass is 16.7. The maximum absolute atomic E-state index is 9.26. The molecule has 0 fully saturated rings. The molecule has 0 aromatic carbocycles. The standard InChI is InChI=1S/C7H16O3/c1-4-5-6(8)7(9-2)10-3/h6-8H,4-5H2,1-3H3/t6-/m1/s1. The van der Waals surface area contributed by atoms with Gasteiger partial charge in [0.15, 0.2) is 6.29 Å². The number of aliphatic hydroxyl groups excluding tert-OH is 1.